The number of hydrogen-bond donors (Lipinski definition) is 2. The van der Waals surface area contributed by atoms with Crippen molar-refractivity contribution in [3.63, 3.8) is 0 Å². The molecule has 0 atom stereocenters. The van der Waals surface area contributed by atoms with E-state index < -0.39 is 0 Å². The molecule has 3 rings (SSSR count). The lowest BCUT2D eigenvalue weighted by Gasteiger charge is -2.35. The first kappa shape index (κ1) is 21.5. The van der Waals surface area contributed by atoms with E-state index in [1.807, 2.05) is 25.1 Å². The van der Waals surface area contributed by atoms with Crippen molar-refractivity contribution in [1.29, 1.82) is 0 Å². The number of thiocarbonyl (C=S) groups is 1. The lowest BCUT2D eigenvalue weighted by Crippen LogP contribution is -2.45. The minimum Gasteiger partial charge on any atom is -0.493 e. The number of carbonyl (C=O) groups excluding carboxylic acids is 1. The van der Waals surface area contributed by atoms with E-state index >= 15 is 0 Å². The maximum Gasteiger partial charge on any atom is 0.257 e. The van der Waals surface area contributed by atoms with Crippen molar-refractivity contribution < 1.29 is 9.53 Å². The first-order valence-corrected chi connectivity index (χ1v) is 10.7. The standard InChI is InChI=1S/C21H25BrN4O2S/c1-3-28-19-9-8-15(14-16(19)22)20(27)24-21(29)23-17-6-4-5-7-18(17)26-12-10-25(2)11-13-26/h4-9,14H,3,10-13H2,1-2H3,(H2,23,24,27,29). The molecule has 1 saturated heterocycles. The molecule has 0 unspecified atom stereocenters. The number of piperazine rings is 1. The van der Waals surface area contributed by atoms with Gasteiger partial charge in [0.05, 0.1) is 22.5 Å². The summed E-state index contributed by atoms with van der Waals surface area (Å²) in [6.45, 7) is 6.41. The van der Waals surface area contributed by atoms with Gasteiger partial charge in [-0.25, -0.2) is 0 Å². The molecule has 2 aromatic carbocycles. The number of carbonyl (C=O) groups is 1. The third-order valence-electron chi connectivity index (χ3n) is 4.72. The highest BCUT2D eigenvalue weighted by Crippen LogP contribution is 2.27. The number of nitrogens with one attached hydrogen (secondary N) is 2. The highest BCUT2D eigenvalue weighted by atomic mass is 79.9. The summed E-state index contributed by atoms with van der Waals surface area (Å²) in [5.41, 5.74) is 2.47. The zero-order valence-corrected chi connectivity index (χ0v) is 19.0. The normalized spacial score (nSPS) is 14.4. The Kier molecular flexibility index (Phi) is 7.46. The van der Waals surface area contributed by atoms with Crippen molar-refractivity contribution in [3.05, 3.63) is 52.5 Å². The third kappa shape index (κ3) is 5.68. The SMILES string of the molecule is CCOc1ccc(C(=O)NC(=S)Nc2ccccc2N2CCN(C)CC2)cc1Br. The van der Waals surface area contributed by atoms with Gasteiger partial charge in [-0.2, -0.15) is 0 Å². The van der Waals surface area contributed by atoms with E-state index in [0.717, 1.165) is 42.0 Å². The average molecular weight is 477 g/mol. The fourth-order valence-corrected chi connectivity index (χ4v) is 3.84. The van der Waals surface area contributed by atoms with Gasteiger partial charge in [0.2, 0.25) is 0 Å². The average Bonchev–Trinajstić information content (AvgIpc) is 2.70. The van der Waals surface area contributed by atoms with Gasteiger partial charge in [0, 0.05) is 31.7 Å². The van der Waals surface area contributed by atoms with Crippen LogP contribution in [0.2, 0.25) is 0 Å². The molecule has 1 fully saturated rings. The van der Waals surface area contributed by atoms with E-state index in [4.69, 9.17) is 17.0 Å². The zero-order chi connectivity index (χ0) is 20.8. The molecule has 0 aliphatic carbocycles. The van der Waals surface area contributed by atoms with E-state index in [1.165, 1.54) is 0 Å². The Morgan fingerprint density at radius 3 is 2.59 bits per heavy atom. The Morgan fingerprint density at radius 1 is 1.17 bits per heavy atom. The van der Waals surface area contributed by atoms with Gasteiger partial charge in [0.25, 0.3) is 5.91 Å². The number of amides is 1. The summed E-state index contributed by atoms with van der Waals surface area (Å²) in [6.07, 6.45) is 0. The summed E-state index contributed by atoms with van der Waals surface area (Å²) >= 11 is 8.82. The molecule has 2 N–H and O–H groups in total. The molecule has 0 radical (unpaired) electrons. The lowest BCUT2D eigenvalue weighted by atomic mass is 10.2. The van der Waals surface area contributed by atoms with Gasteiger partial charge < -0.3 is 19.9 Å². The molecule has 1 heterocycles. The highest BCUT2D eigenvalue weighted by Gasteiger charge is 2.18. The minimum atomic E-state index is -0.275. The smallest absolute Gasteiger partial charge is 0.257 e. The van der Waals surface area contributed by atoms with Gasteiger partial charge in [-0.3, -0.25) is 10.1 Å². The van der Waals surface area contributed by atoms with E-state index in [9.17, 15) is 4.79 Å². The van der Waals surface area contributed by atoms with Crippen LogP contribution in [0.4, 0.5) is 11.4 Å². The van der Waals surface area contributed by atoms with E-state index in [1.54, 1.807) is 18.2 Å². The Bertz CT molecular complexity index is 885. The molecule has 1 aliphatic rings. The highest BCUT2D eigenvalue weighted by molar-refractivity contribution is 9.10. The Balaban J connectivity index is 1.65. The summed E-state index contributed by atoms with van der Waals surface area (Å²) in [5, 5.41) is 6.19. The number of ether oxygens (including phenoxy) is 1. The molecule has 0 spiro atoms. The first-order valence-electron chi connectivity index (χ1n) is 9.55. The van der Waals surface area contributed by atoms with E-state index in [2.05, 4.69) is 49.5 Å². The molecule has 1 aliphatic heterocycles. The van der Waals surface area contributed by atoms with Crippen LogP contribution in [0.3, 0.4) is 0 Å². The number of hydrogen-bond acceptors (Lipinski definition) is 5. The first-order chi connectivity index (χ1) is 14.0. The fraction of sp³-hybridized carbons (Fsp3) is 0.333. The molecule has 2 aromatic rings. The number of halogens is 1. The third-order valence-corrected chi connectivity index (χ3v) is 5.54. The molecule has 154 valence electrons. The molecular formula is C21H25BrN4O2S. The van der Waals surface area contributed by atoms with Gasteiger partial charge >= 0.3 is 0 Å². The number of likely N-dealkylation sites (N-methyl/N-ethyl adjacent to an activating group) is 1. The monoisotopic (exact) mass is 476 g/mol. The van der Waals surface area contributed by atoms with Crippen LogP contribution in [0.15, 0.2) is 46.9 Å². The quantitative estimate of drug-likeness (QED) is 0.641. The molecular weight excluding hydrogens is 452 g/mol. The van der Waals surface area contributed by atoms with E-state index in [-0.39, 0.29) is 11.0 Å². The maximum absolute atomic E-state index is 12.6. The maximum atomic E-state index is 12.6. The van der Waals surface area contributed by atoms with Crippen LogP contribution in [0, 0.1) is 0 Å². The lowest BCUT2D eigenvalue weighted by molar-refractivity contribution is 0.0977. The molecule has 8 heteroatoms. The summed E-state index contributed by atoms with van der Waals surface area (Å²) in [4.78, 5) is 17.2. The molecule has 0 saturated carbocycles. The molecule has 29 heavy (non-hydrogen) atoms. The van der Waals surface area contributed by atoms with Crippen LogP contribution in [-0.4, -0.2) is 55.8 Å². The van der Waals surface area contributed by atoms with Gasteiger partial charge in [-0.1, -0.05) is 12.1 Å². The number of anilines is 2. The largest absolute Gasteiger partial charge is 0.493 e. The number of para-hydroxylation sites is 2. The van der Waals surface area contributed by atoms with Crippen LogP contribution in [0.25, 0.3) is 0 Å². The van der Waals surface area contributed by atoms with Gasteiger partial charge in [-0.05, 0) is 72.5 Å². The van der Waals surface area contributed by atoms with Crippen molar-refractivity contribution in [1.82, 2.24) is 10.2 Å². The minimum absolute atomic E-state index is 0.265. The fourth-order valence-electron chi connectivity index (χ4n) is 3.15. The summed E-state index contributed by atoms with van der Waals surface area (Å²) in [5.74, 6) is 0.425. The Morgan fingerprint density at radius 2 is 1.90 bits per heavy atom. The number of rotatable bonds is 5. The summed E-state index contributed by atoms with van der Waals surface area (Å²) < 4.78 is 6.21. The van der Waals surface area contributed by atoms with Crippen molar-refractivity contribution >= 4 is 50.5 Å². The second-order valence-corrected chi connectivity index (χ2v) is 8.06. The van der Waals surface area contributed by atoms with Gasteiger partial charge in [0.15, 0.2) is 5.11 Å². The van der Waals surface area contributed by atoms with Crippen molar-refractivity contribution in [2.24, 2.45) is 0 Å². The Hall–Kier alpha value is -2.16. The zero-order valence-electron chi connectivity index (χ0n) is 16.6. The van der Waals surface area contributed by atoms with Crippen LogP contribution in [-0.2, 0) is 0 Å². The van der Waals surface area contributed by atoms with Gasteiger partial charge in [-0.15, -0.1) is 0 Å². The second kappa shape index (κ2) is 10.0. The van der Waals surface area contributed by atoms with Crippen LogP contribution in [0.1, 0.15) is 17.3 Å². The Labute approximate surface area is 185 Å². The predicted molar refractivity (Wildman–Crippen MR) is 125 cm³/mol. The van der Waals surface area contributed by atoms with Crippen LogP contribution >= 0.6 is 28.1 Å². The van der Waals surface area contributed by atoms with Gasteiger partial charge in [0.1, 0.15) is 5.75 Å². The molecule has 0 aromatic heterocycles. The van der Waals surface area contributed by atoms with Crippen molar-refractivity contribution in [3.8, 4) is 5.75 Å². The molecule has 0 bridgehead atoms. The van der Waals surface area contributed by atoms with E-state index in [0.29, 0.717) is 17.9 Å². The van der Waals surface area contributed by atoms with Crippen molar-refractivity contribution in [2.45, 2.75) is 6.92 Å². The second-order valence-electron chi connectivity index (χ2n) is 6.79. The summed E-state index contributed by atoms with van der Waals surface area (Å²) in [6, 6.07) is 13.2. The van der Waals surface area contributed by atoms with Crippen LogP contribution < -0.4 is 20.3 Å². The summed E-state index contributed by atoms with van der Waals surface area (Å²) in [7, 11) is 2.13. The van der Waals surface area contributed by atoms with Crippen molar-refractivity contribution in [2.75, 3.05) is 50.1 Å². The van der Waals surface area contributed by atoms with Crippen LogP contribution in [0.5, 0.6) is 5.75 Å². The molecule has 6 nitrogen and oxygen atoms in total. The number of benzene rings is 2. The molecule has 1 amide bonds. The topological polar surface area (TPSA) is 56.8 Å². The predicted octanol–water partition coefficient (Wildman–Crippen LogP) is 3.73. The number of nitrogens with zero attached hydrogens (tertiary/aromatic N) is 2.